The molecule has 8 bridgehead atoms. The summed E-state index contributed by atoms with van der Waals surface area (Å²) in [5.74, 6) is -1.35. The average molecular weight is 962 g/mol. The van der Waals surface area contributed by atoms with Crippen LogP contribution < -0.4 is 15.0 Å². The summed E-state index contributed by atoms with van der Waals surface area (Å²) < 4.78 is 15.3. The SMILES string of the molecule is COC(=O)c1ccc(-c2c3nc(c4[n-]c(c(-c5ccc(C(=O)OC)cc5)c5[n-]c(c(-c6ccc(C(=O)OC)cc6)c6[n-]c2c2ccccc62)c2ccccc52)c2ccccc42)-c2ccccc2-3)cc1.[Cu]. The molecule has 70 heavy (non-hydrogen) atoms. The smallest absolute Gasteiger partial charge is 0.337 e. The maximum atomic E-state index is 12.9. The summed E-state index contributed by atoms with van der Waals surface area (Å²) in [5.41, 5.74) is 13.0. The molecule has 12 rings (SSSR count). The van der Waals surface area contributed by atoms with Crippen LogP contribution in [0.4, 0.5) is 0 Å². The minimum Gasteiger partial charge on any atom is -0.656 e. The van der Waals surface area contributed by atoms with Crippen molar-refractivity contribution in [1.82, 2.24) is 19.9 Å². The van der Waals surface area contributed by atoms with Crippen molar-refractivity contribution in [3.05, 3.63) is 187 Å². The van der Waals surface area contributed by atoms with Crippen molar-refractivity contribution in [3.63, 3.8) is 0 Å². The van der Waals surface area contributed by atoms with Crippen molar-refractivity contribution in [3.8, 4) is 55.9 Å². The van der Waals surface area contributed by atoms with E-state index in [1.807, 2.05) is 84.9 Å². The molecule has 2 aliphatic rings. The van der Waals surface area contributed by atoms with Gasteiger partial charge in [-0.3, -0.25) is 0 Å². The Bertz CT molecular complexity index is 4080. The number of fused-ring (bicyclic) bond motifs is 1. The van der Waals surface area contributed by atoms with Crippen LogP contribution in [-0.4, -0.2) is 44.2 Å². The number of nitrogens with zero attached hydrogens (tertiary/aromatic N) is 4. The van der Waals surface area contributed by atoms with Crippen LogP contribution >= 0.6 is 0 Å². The van der Waals surface area contributed by atoms with Crippen LogP contribution in [0.2, 0.25) is 0 Å². The van der Waals surface area contributed by atoms with Gasteiger partial charge in [-0.1, -0.05) is 133 Å². The maximum absolute atomic E-state index is 12.9. The second kappa shape index (κ2) is 17.4. The minimum atomic E-state index is -0.454. The Morgan fingerprint density at radius 1 is 0.343 bits per heavy atom. The molecule has 0 N–H and O–H groups in total. The molecule has 4 heterocycles. The van der Waals surface area contributed by atoms with Gasteiger partial charge in [-0.15, -0.1) is 33.1 Å². The first-order valence-electron chi connectivity index (χ1n) is 22.3. The molecule has 343 valence electrons. The van der Waals surface area contributed by atoms with E-state index in [1.165, 1.54) is 21.3 Å². The second-order valence-corrected chi connectivity index (χ2v) is 16.8. The van der Waals surface area contributed by atoms with Gasteiger partial charge in [0.1, 0.15) is 0 Å². The maximum Gasteiger partial charge on any atom is 0.337 e. The van der Waals surface area contributed by atoms with Crippen molar-refractivity contribution < 1.29 is 45.7 Å². The van der Waals surface area contributed by atoms with Crippen LogP contribution in [0.15, 0.2) is 170 Å². The van der Waals surface area contributed by atoms with Crippen LogP contribution in [0, 0.1) is 0 Å². The van der Waals surface area contributed by atoms with Gasteiger partial charge in [-0.2, -0.15) is 0 Å². The molecule has 1 radical (unpaired) electrons. The van der Waals surface area contributed by atoms with Crippen LogP contribution in [-0.2, 0) is 31.3 Å². The summed E-state index contributed by atoms with van der Waals surface area (Å²) in [4.78, 5) is 61.1. The van der Waals surface area contributed by atoms with E-state index in [1.54, 1.807) is 36.4 Å². The molecule has 0 fully saturated rings. The molecule has 1 aliphatic heterocycles. The van der Waals surface area contributed by atoms with Gasteiger partial charge in [-0.05, 0) is 102 Å². The number of carbonyl (C=O) groups excluding carboxylic acids is 3. The summed E-state index contributed by atoms with van der Waals surface area (Å²) in [6.07, 6.45) is 0. The molecule has 0 saturated heterocycles. The van der Waals surface area contributed by atoms with Gasteiger partial charge in [0.15, 0.2) is 0 Å². The zero-order valence-electron chi connectivity index (χ0n) is 37.7. The fourth-order valence-corrected chi connectivity index (χ4v) is 9.85. The van der Waals surface area contributed by atoms with E-state index in [2.05, 4.69) is 48.5 Å². The molecule has 10 aromatic rings. The molecule has 10 nitrogen and oxygen atoms in total. The van der Waals surface area contributed by atoms with Gasteiger partial charge in [0.2, 0.25) is 0 Å². The number of carbonyl (C=O) groups is 3. The zero-order chi connectivity index (χ0) is 46.9. The molecular weight excluding hydrogens is 924 g/mol. The van der Waals surface area contributed by atoms with Crippen molar-refractivity contribution in [1.29, 1.82) is 0 Å². The van der Waals surface area contributed by atoms with Crippen LogP contribution in [0.1, 0.15) is 31.1 Å². The summed E-state index contributed by atoms with van der Waals surface area (Å²) in [6, 6.07) is 54.7. The van der Waals surface area contributed by atoms with E-state index in [-0.39, 0.29) is 17.1 Å². The van der Waals surface area contributed by atoms with Gasteiger partial charge < -0.3 is 29.2 Å². The number of benzene rings is 7. The number of methoxy groups -OCH3 is 3. The summed E-state index contributed by atoms with van der Waals surface area (Å²) in [5, 5.41) is 5.28. The molecular formula is C59H37CuN4O6-3. The van der Waals surface area contributed by atoms with Crippen molar-refractivity contribution in [2.75, 3.05) is 21.3 Å². The molecule has 0 amide bonds. The third-order valence-corrected chi connectivity index (χ3v) is 13.1. The van der Waals surface area contributed by atoms with E-state index in [4.69, 9.17) is 34.1 Å². The largest absolute Gasteiger partial charge is 0.656 e. The Balaban J connectivity index is 0.00000533. The van der Waals surface area contributed by atoms with Crippen LogP contribution in [0.25, 0.3) is 121 Å². The Hall–Kier alpha value is -8.76. The second-order valence-electron chi connectivity index (χ2n) is 16.8. The van der Waals surface area contributed by atoms with Crippen LogP contribution in [0.3, 0.4) is 0 Å². The van der Waals surface area contributed by atoms with Crippen molar-refractivity contribution in [2.24, 2.45) is 0 Å². The number of rotatable bonds is 6. The predicted octanol–water partition coefficient (Wildman–Crippen LogP) is 12.6. The topological polar surface area (TPSA) is 134 Å². The summed E-state index contributed by atoms with van der Waals surface area (Å²) in [7, 11) is 4.10. The predicted molar refractivity (Wildman–Crippen MR) is 270 cm³/mol. The fraction of sp³-hybridized carbons (Fsp3) is 0.0508. The van der Waals surface area contributed by atoms with Crippen molar-refractivity contribution >= 4 is 83.3 Å². The quantitative estimate of drug-likeness (QED) is 0.0900. The van der Waals surface area contributed by atoms with Crippen molar-refractivity contribution in [2.45, 2.75) is 0 Å². The number of ether oxygens (including phenoxy) is 3. The Labute approximate surface area is 410 Å². The first kappa shape index (κ1) is 43.8. The monoisotopic (exact) mass is 960 g/mol. The molecule has 11 heteroatoms. The Kier molecular flexibility index (Phi) is 10.9. The number of hydrogen-bond donors (Lipinski definition) is 0. The number of aromatic nitrogens is 4. The van der Waals surface area contributed by atoms with Gasteiger partial charge >= 0.3 is 17.9 Å². The minimum absolute atomic E-state index is 0. The third-order valence-electron chi connectivity index (χ3n) is 13.1. The third kappa shape index (κ3) is 6.85. The molecule has 0 saturated carbocycles. The zero-order valence-corrected chi connectivity index (χ0v) is 38.6. The van der Waals surface area contributed by atoms with E-state index in [9.17, 15) is 14.4 Å². The van der Waals surface area contributed by atoms with Crippen LogP contribution in [0.5, 0.6) is 0 Å². The number of hydrogen-bond acceptors (Lipinski definition) is 7. The summed E-state index contributed by atoms with van der Waals surface area (Å²) in [6.45, 7) is 0. The van der Waals surface area contributed by atoms with Gasteiger partial charge in [0, 0.05) is 28.2 Å². The molecule has 3 aromatic heterocycles. The Morgan fingerprint density at radius 3 is 0.957 bits per heavy atom. The molecule has 0 atom stereocenters. The summed E-state index contributed by atoms with van der Waals surface area (Å²) >= 11 is 0. The van der Waals surface area contributed by atoms with Gasteiger partial charge in [-0.25, -0.2) is 19.4 Å². The fourth-order valence-electron chi connectivity index (χ4n) is 9.85. The van der Waals surface area contributed by atoms with Gasteiger partial charge in [0.25, 0.3) is 0 Å². The molecule has 0 spiro atoms. The first-order valence-corrected chi connectivity index (χ1v) is 22.3. The average Bonchev–Trinajstić information content (AvgIpc) is 4.18. The van der Waals surface area contributed by atoms with E-state index < -0.39 is 17.9 Å². The first-order chi connectivity index (χ1) is 33.8. The normalized spacial score (nSPS) is 11.4. The van der Waals surface area contributed by atoms with E-state index in [0.29, 0.717) is 61.2 Å². The molecule has 1 aliphatic carbocycles. The van der Waals surface area contributed by atoms with E-state index >= 15 is 0 Å². The standard InChI is InChI=1S/C59H39N4O6.Cu/c1-67-57(64)35-26-20-32(21-27-35)46-49-38-12-4-6-14-40(38)51(60-49)47(33-22-28-36(29-23-33)58(65)68-2)53-42-16-8-10-18-44(42)55(62-53)56-45-19-11-9-17-43(45)54(63-56)48(34-24-30-37(31-25-34)59(66)69-3)52-41-15-7-5-13-39(41)50(46)61-52;/h4-31H,1-3H3,(H2-,60,61,62,63,64,65,66);/q-1;/p-2. The Morgan fingerprint density at radius 2 is 0.614 bits per heavy atom. The molecule has 7 aromatic carbocycles. The molecule has 0 unspecified atom stereocenters. The van der Waals surface area contributed by atoms with Gasteiger partial charge in [0.05, 0.1) is 49.4 Å². The van der Waals surface area contributed by atoms with E-state index in [0.717, 1.165) is 76.8 Å². The number of esters is 3.